The van der Waals surface area contributed by atoms with Gasteiger partial charge >= 0.3 is 0 Å². The summed E-state index contributed by atoms with van der Waals surface area (Å²) in [5.74, 6) is -1.46. The van der Waals surface area contributed by atoms with E-state index in [9.17, 15) is 9.59 Å². The molecule has 4 N–H and O–H groups in total. The van der Waals surface area contributed by atoms with E-state index in [1.54, 1.807) is 13.2 Å². The summed E-state index contributed by atoms with van der Waals surface area (Å²) in [6.07, 6.45) is 4.37. The van der Waals surface area contributed by atoms with Crippen molar-refractivity contribution in [3.63, 3.8) is 0 Å². The van der Waals surface area contributed by atoms with Crippen LogP contribution in [-0.4, -0.2) is 34.8 Å². The van der Waals surface area contributed by atoms with Crippen LogP contribution >= 0.6 is 0 Å². The predicted molar refractivity (Wildman–Crippen MR) is 105 cm³/mol. The Morgan fingerprint density at radius 1 is 1.33 bits per heavy atom. The number of nitrogens with two attached hydrogens (primary N) is 2. The van der Waals surface area contributed by atoms with E-state index >= 15 is 0 Å². The minimum Gasteiger partial charge on any atom is -0.464 e. The molecule has 2 heterocycles. The van der Waals surface area contributed by atoms with Crippen LogP contribution < -0.4 is 11.5 Å². The fourth-order valence-electron chi connectivity index (χ4n) is 4.35. The zero-order chi connectivity index (χ0) is 19.8. The average Bonchev–Trinajstić information content (AvgIpc) is 3.22. The van der Waals surface area contributed by atoms with Crippen molar-refractivity contribution >= 4 is 22.8 Å². The quantitative estimate of drug-likeness (QED) is 0.814. The largest absolute Gasteiger partial charge is 0.464 e. The van der Waals surface area contributed by atoms with Gasteiger partial charge in [0.2, 0.25) is 11.8 Å². The Hall–Kier alpha value is -2.34. The lowest BCUT2D eigenvalue weighted by molar-refractivity contribution is -0.144. The van der Waals surface area contributed by atoms with Gasteiger partial charge in [0, 0.05) is 23.5 Å². The first-order valence-corrected chi connectivity index (χ1v) is 9.57. The van der Waals surface area contributed by atoms with E-state index in [0.29, 0.717) is 6.54 Å². The molecule has 0 unspecified atom stereocenters. The summed E-state index contributed by atoms with van der Waals surface area (Å²) in [5, 5.41) is 1.08. The molecular weight excluding hydrogens is 342 g/mol. The van der Waals surface area contributed by atoms with Crippen molar-refractivity contribution in [2.45, 2.75) is 51.6 Å². The minimum absolute atomic E-state index is 0.0726. The second-order valence-electron chi connectivity index (χ2n) is 8.16. The number of carbonyl (C=O) groups is 2. The number of rotatable bonds is 6. The molecule has 1 saturated heterocycles. The first kappa shape index (κ1) is 19.4. The highest BCUT2D eigenvalue weighted by atomic mass is 16.3. The molecule has 2 aromatic rings. The lowest BCUT2D eigenvalue weighted by Crippen LogP contribution is -2.61. The highest BCUT2D eigenvalue weighted by molar-refractivity contribution is 5.92. The van der Waals surface area contributed by atoms with E-state index in [0.717, 1.165) is 35.8 Å². The summed E-state index contributed by atoms with van der Waals surface area (Å²) in [5.41, 5.74) is 12.3. The van der Waals surface area contributed by atoms with E-state index < -0.39 is 17.4 Å². The molecule has 0 bridgehead atoms. The molecule has 1 aromatic heterocycles. The molecule has 1 aliphatic heterocycles. The molecule has 6 heteroatoms. The van der Waals surface area contributed by atoms with Crippen molar-refractivity contribution in [1.29, 1.82) is 0 Å². The number of carbonyl (C=O) groups excluding carboxylic acids is 2. The third-order valence-electron chi connectivity index (χ3n) is 5.79. The molecular formula is C21H29N3O3. The fraction of sp³-hybridized carbons (Fsp3) is 0.524. The van der Waals surface area contributed by atoms with Crippen LogP contribution in [0.5, 0.6) is 0 Å². The van der Waals surface area contributed by atoms with Gasteiger partial charge in [-0.1, -0.05) is 32.0 Å². The first-order chi connectivity index (χ1) is 12.7. The normalized spacial score (nSPS) is 20.8. The van der Waals surface area contributed by atoms with Crippen molar-refractivity contribution in [2.75, 3.05) is 6.54 Å². The summed E-state index contributed by atoms with van der Waals surface area (Å²) >= 11 is 0. The number of furan rings is 1. The summed E-state index contributed by atoms with van der Waals surface area (Å²) in [6.45, 7) is 6.06. The van der Waals surface area contributed by atoms with Crippen molar-refractivity contribution in [1.82, 2.24) is 4.90 Å². The monoisotopic (exact) mass is 371 g/mol. The Kier molecular flexibility index (Phi) is 5.29. The van der Waals surface area contributed by atoms with Crippen molar-refractivity contribution in [2.24, 2.45) is 23.3 Å². The van der Waals surface area contributed by atoms with Crippen LogP contribution in [-0.2, 0) is 16.0 Å². The average molecular weight is 371 g/mol. The molecule has 2 amide bonds. The molecule has 0 aliphatic carbocycles. The van der Waals surface area contributed by atoms with Gasteiger partial charge in [0.05, 0.1) is 12.2 Å². The van der Waals surface area contributed by atoms with E-state index in [4.69, 9.17) is 15.9 Å². The maximum absolute atomic E-state index is 13.4. The zero-order valence-electron chi connectivity index (χ0n) is 16.3. The molecule has 1 fully saturated rings. The third kappa shape index (κ3) is 3.58. The number of fused-ring (bicyclic) bond motifs is 1. The van der Waals surface area contributed by atoms with Crippen molar-refractivity contribution in [3.05, 3.63) is 36.1 Å². The van der Waals surface area contributed by atoms with Gasteiger partial charge in [-0.2, -0.15) is 0 Å². The number of likely N-dealkylation sites (tertiary alicyclic amines) is 1. The van der Waals surface area contributed by atoms with Gasteiger partial charge in [-0.25, -0.2) is 0 Å². The second-order valence-corrected chi connectivity index (χ2v) is 8.16. The van der Waals surface area contributed by atoms with Gasteiger partial charge in [0.1, 0.15) is 11.1 Å². The number of hydrogen-bond acceptors (Lipinski definition) is 4. The summed E-state index contributed by atoms with van der Waals surface area (Å²) in [4.78, 5) is 27.1. The van der Waals surface area contributed by atoms with Crippen LogP contribution in [0.1, 0.15) is 39.2 Å². The number of para-hydroxylation sites is 1. The van der Waals surface area contributed by atoms with E-state index in [-0.39, 0.29) is 17.9 Å². The number of primary amides is 1. The number of hydrogen-bond donors (Lipinski definition) is 2. The fourth-order valence-corrected chi connectivity index (χ4v) is 4.35. The topological polar surface area (TPSA) is 103 Å². The highest BCUT2D eigenvalue weighted by Gasteiger charge is 2.46. The molecule has 146 valence electrons. The smallest absolute Gasteiger partial charge is 0.238 e. The van der Waals surface area contributed by atoms with Gasteiger partial charge in [0.25, 0.3) is 0 Å². The second kappa shape index (κ2) is 7.35. The molecule has 27 heavy (non-hydrogen) atoms. The Morgan fingerprint density at radius 2 is 2.04 bits per heavy atom. The summed E-state index contributed by atoms with van der Waals surface area (Å²) < 4.78 is 5.64. The van der Waals surface area contributed by atoms with E-state index in [2.05, 4.69) is 0 Å². The van der Waals surface area contributed by atoms with Crippen LogP contribution in [0.15, 0.2) is 34.9 Å². The Balaban J connectivity index is 1.84. The van der Waals surface area contributed by atoms with Gasteiger partial charge in [-0.15, -0.1) is 0 Å². The molecule has 1 aliphatic rings. The number of benzene rings is 1. The van der Waals surface area contributed by atoms with Crippen LogP contribution in [0.25, 0.3) is 11.0 Å². The molecule has 3 atom stereocenters. The van der Waals surface area contributed by atoms with Gasteiger partial charge in [-0.3, -0.25) is 9.59 Å². The Morgan fingerprint density at radius 3 is 2.70 bits per heavy atom. The maximum Gasteiger partial charge on any atom is 0.238 e. The minimum atomic E-state index is -1.37. The Labute approximate surface area is 159 Å². The first-order valence-electron chi connectivity index (χ1n) is 9.57. The molecule has 0 saturated carbocycles. The van der Waals surface area contributed by atoms with Crippen LogP contribution in [0.2, 0.25) is 0 Å². The van der Waals surface area contributed by atoms with Crippen LogP contribution in [0, 0.1) is 11.8 Å². The van der Waals surface area contributed by atoms with Crippen molar-refractivity contribution < 1.29 is 14.0 Å². The maximum atomic E-state index is 13.4. The molecule has 0 radical (unpaired) electrons. The zero-order valence-corrected chi connectivity index (χ0v) is 16.3. The molecule has 3 rings (SSSR count). The van der Waals surface area contributed by atoms with Crippen LogP contribution in [0.4, 0.5) is 0 Å². The lowest BCUT2D eigenvalue weighted by Gasteiger charge is -2.37. The summed E-state index contributed by atoms with van der Waals surface area (Å²) in [7, 11) is 0. The molecule has 6 nitrogen and oxygen atoms in total. The SMILES string of the molecule is CC(C)[C@H](C(=O)N1CCC[C@H]1Cc1coc2ccccc12)[C@](C)(N)C(N)=O. The number of nitrogens with zero attached hydrogens (tertiary/aromatic N) is 1. The van der Waals surface area contributed by atoms with Gasteiger partial charge < -0.3 is 20.8 Å². The van der Waals surface area contributed by atoms with E-state index in [1.807, 2.05) is 43.0 Å². The molecule has 1 aromatic carbocycles. The molecule has 0 spiro atoms. The summed E-state index contributed by atoms with van der Waals surface area (Å²) in [6, 6.07) is 7.98. The third-order valence-corrected chi connectivity index (χ3v) is 5.79. The lowest BCUT2D eigenvalue weighted by atomic mass is 9.77. The number of amides is 2. The highest BCUT2D eigenvalue weighted by Crippen LogP contribution is 2.32. The van der Waals surface area contributed by atoms with Gasteiger partial charge in [0.15, 0.2) is 0 Å². The predicted octanol–water partition coefficient (Wildman–Crippen LogP) is 2.44. The van der Waals surface area contributed by atoms with Crippen LogP contribution in [0.3, 0.4) is 0 Å². The standard InChI is InChI=1S/C21H29N3O3/c1-13(2)18(21(3,23)20(22)26)19(25)24-10-6-7-15(24)11-14-12-27-17-9-5-4-8-16(14)17/h4-5,8-9,12-13,15,18H,6-7,10-11,23H2,1-3H3,(H2,22,26)/t15-,18+,21-/m0/s1. The van der Waals surface area contributed by atoms with Gasteiger partial charge in [-0.05, 0) is 38.2 Å². The van der Waals surface area contributed by atoms with Crippen molar-refractivity contribution in [3.8, 4) is 0 Å². The van der Waals surface area contributed by atoms with E-state index in [1.165, 1.54) is 0 Å². The Bertz CT molecular complexity index is 840.